The number of β-amino-alcohol motifs (C(OH)–C–C–N with tert-alkyl or cyclic N) is 1. The zero-order valence-corrected chi connectivity index (χ0v) is 25.4. The summed E-state index contributed by atoms with van der Waals surface area (Å²) >= 11 is 0. The molecule has 2 amide bonds. The fraction of sp³-hybridized carbons (Fsp3) is 0.613. The molecule has 2 aromatic carbocycles. The summed E-state index contributed by atoms with van der Waals surface area (Å²) in [7, 11) is 0. The zero-order chi connectivity index (χ0) is 26.8. The van der Waals surface area contributed by atoms with Gasteiger partial charge in [0.1, 0.15) is 0 Å². The molecule has 2 aromatic rings. The molecule has 7 nitrogen and oxygen atoms in total. The van der Waals surface area contributed by atoms with E-state index < -0.39 is 6.10 Å². The van der Waals surface area contributed by atoms with Crippen molar-refractivity contribution in [1.29, 1.82) is 0 Å². The molecule has 0 spiro atoms. The molecule has 1 saturated carbocycles. The lowest BCUT2D eigenvalue weighted by Crippen LogP contribution is -3.00. The average molecular weight is 593 g/mol. The van der Waals surface area contributed by atoms with E-state index in [-0.39, 0.29) is 42.7 Å². The molecular formula is C31H43Cl2N3O4-2. The number of aliphatic hydroxyl groups excluding tert-OH is 1. The Morgan fingerprint density at radius 3 is 2.10 bits per heavy atom. The van der Waals surface area contributed by atoms with Gasteiger partial charge < -0.3 is 34.7 Å². The molecule has 222 valence electrons. The summed E-state index contributed by atoms with van der Waals surface area (Å²) in [5.74, 6) is 1.49. The SMILES string of the molecule is CC1CCC(C(C)C)C(OCC(O)CN2CCN(CCN3C(=O)c4cccc5cccc(c45)C3=O)CC2)C1.[Cl-].[Cl-]. The van der Waals surface area contributed by atoms with Gasteiger partial charge in [0, 0.05) is 62.3 Å². The van der Waals surface area contributed by atoms with Gasteiger partial charge in [0.05, 0.1) is 18.8 Å². The standard InChI is InChI=1S/C31H43N3O4.2ClH/c1-21(2)25-11-10-22(3)18-28(25)38-20-24(35)19-33-14-12-32(13-15-33)16-17-34-30(36)26-8-4-6-23-7-5-9-27(29(23)26)31(34)37;;/h4-9,21-22,24-25,28,35H,10-20H2,1-3H3;2*1H/p-2. The quantitative estimate of drug-likeness (QED) is 0.337. The number of hydrogen-bond acceptors (Lipinski definition) is 6. The van der Waals surface area contributed by atoms with Crippen LogP contribution in [0.25, 0.3) is 10.8 Å². The lowest BCUT2D eigenvalue weighted by atomic mass is 9.75. The minimum absolute atomic E-state index is 0. The fourth-order valence-corrected chi connectivity index (χ4v) is 6.61. The van der Waals surface area contributed by atoms with Crippen molar-refractivity contribution in [2.24, 2.45) is 17.8 Å². The second kappa shape index (κ2) is 14.4. The number of aliphatic hydroxyl groups is 1. The molecule has 2 aliphatic heterocycles. The molecule has 9 heteroatoms. The maximum Gasteiger partial charge on any atom is 0.261 e. The summed E-state index contributed by atoms with van der Waals surface area (Å²) in [6.07, 6.45) is 3.36. The monoisotopic (exact) mass is 591 g/mol. The van der Waals surface area contributed by atoms with Crippen LogP contribution in [0.4, 0.5) is 0 Å². The van der Waals surface area contributed by atoms with E-state index in [1.165, 1.54) is 17.7 Å². The summed E-state index contributed by atoms with van der Waals surface area (Å²) < 4.78 is 6.27. The minimum atomic E-state index is -0.488. The van der Waals surface area contributed by atoms with Crippen molar-refractivity contribution in [3.05, 3.63) is 47.5 Å². The van der Waals surface area contributed by atoms with Crippen molar-refractivity contribution in [3.8, 4) is 0 Å². The summed E-state index contributed by atoms with van der Waals surface area (Å²) in [6, 6.07) is 11.3. The van der Waals surface area contributed by atoms with Crippen molar-refractivity contribution in [2.75, 3.05) is 52.4 Å². The van der Waals surface area contributed by atoms with Crippen molar-refractivity contribution in [1.82, 2.24) is 14.7 Å². The molecule has 4 unspecified atom stereocenters. The lowest BCUT2D eigenvalue weighted by Gasteiger charge is -2.38. The van der Waals surface area contributed by atoms with Crippen LogP contribution in [0, 0.1) is 17.8 Å². The van der Waals surface area contributed by atoms with Crippen LogP contribution in [0.3, 0.4) is 0 Å². The molecule has 0 bridgehead atoms. The highest BCUT2D eigenvalue weighted by atomic mass is 35.5. The maximum absolute atomic E-state index is 13.1. The first kappa shape index (κ1) is 32.8. The molecule has 2 fully saturated rings. The Balaban J connectivity index is 0.00000220. The largest absolute Gasteiger partial charge is 1.00 e. The van der Waals surface area contributed by atoms with E-state index in [9.17, 15) is 14.7 Å². The molecule has 0 aromatic heterocycles. The van der Waals surface area contributed by atoms with Gasteiger partial charge in [0.15, 0.2) is 0 Å². The number of benzene rings is 2. The van der Waals surface area contributed by atoms with Crippen LogP contribution >= 0.6 is 0 Å². The van der Waals surface area contributed by atoms with Crippen molar-refractivity contribution >= 4 is 22.6 Å². The number of piperazine rings is 1. The number of carbonyl (C=O) groups is 2. The van der Waals surface area contributed by atoms with E-state index in [1.54, 1.807) is 0 Å². The van der Waals surface area contributed by atoms with Crippen LogP contribution in [0.1, 0.15) is 60.7 Å². The molecule has 4 atom stereocenters. The van der Waals surface area contributed by atoms with Crippen molar-refractivity contribution in [3.63, 3.8) is 0 Å². The number of amides is 2. The number of halogens is 2. The number of ether oxygens (including phenoxy) is 1. The third-order valence-electron chi connectivity index (χ3n) is 8.89. The molecule has 5 rings (SSSR count). The first-order chi connectivity index (χ1) is 18.3. The molecule has 1 saturated heterocycles. The third-order valence-corrected chi connectivity index (χ3v) is 8.89. The molecule has 2 heterocycles. The van der Waals surface area contributed by atoms with E-state index >= 15 is 0 Å². The Kier molecular flexibility index (Phi) is 11.8. The first-order valence-electron chi connectivity index (χ1n) is 14.4. The number of carbonyl (C=O) groups excluding carboxylic acids is 2. The molecular weight excluding hydrogens is 549 g/mol. The summed E-state index contributed by atoms with van der Waals surface area (Å²) in [5.41, 5.74) is 1.22. The minimum Gasteiger partial charge on any atom is -1.00 e. The number of hydrogen-bond donors (Lipinski definition) is 1. The highest BCUT2D eigenvalue weighted by Crippen LogP contribution is 2.35. The van der Waals surface area contributed by atoms with Crippen LogP contribution in [-0.2, 0) is 4.74 Å². The summed E-state index contributed by atoms with van der Waals surface area (Å²) in [6.45, 7) is 12.3. The van der Waals surface area contributed by atoms with Crippen LogP contribution < -0.4 is 24.8 Å². The second-order valence-corrected chi connectivity index (χ2v) is 12.0. The van der Waals surface area contributed by atoms with Gasteiger partial charge in [-0.05, 0) is 48.1 Å². The van der Waals surface area contributed by atoms with Crippen LogP contribution in [-0.4, -0.2) is 96.2 Å². The van der Waals surface area contributed by atoms with Gasteiger partial charge in [-0.15, -0.1) is 0 Å². The zero-order valence-electron chi connectivity index (χ0n) is 23.9. The third kappa shape index (κ3) is 7.18. The van der Waals surface area contributed by atoms with Gasteiger partial charge in [-0.3, -0.25) is 24.3 Å². The molecule has 1 N–H and O–H groups in total. The van der Waals surface area contributed by atoms with Gasteiger partial charge in [-0.2, -0.15) is 0 Å². The molecule has 0 radical (unpaired) electrons. The first-order valence-corrected chi connectivity index (χ1v) is 14.4. The van der Waals surface area contributed by atoms with Crippen LogP contribution in [0.5, 0.6) is 0 Å². The predicted molar refractivity (Wildman–Crippen MR) is 149 cm³/mol. The van der Waals surface area contributed by atoms with E-state index in [2.05, 4.69) is 30.6 Å². The Bertz CT molecular complexity index is 1100. The van der Waals surface area contributed by atoms with E-state index in [0.717, 1.165) is 43.4 Å². The Labute approximate surface area is 251 Å². The number of imide groups is 1. The molecule has 3 aliphatic rings. The van der Waals surface area contributed by atoms with E-state index in [4.69, 9.17) is 4.74 Å². The topological polar surface area (TPSA) is 73.3 Å². The number of rotatable bonds is 9. The van der Waals surface area contributed by atoms with Gasteiger partial charge >= 0.3 is 0 Å². The second-order valence-electron chi connectivity index (χ2n) is 12.0. The Morgan fingerprint density at radius 2 is 1.50 bits per heavy atom. The van der Waals surface area contributed by atoms with Gasteiger partial charge in [-0.25, -0.2) is 0 Å². The summed E-state index contributed by atoms with van der Waals surface area (Å²) in [4.78, 5) is 32.3. The maximum atomic E-state index is 13.1. The van der Waals surface area contributed by atoms with E-state index in [1.807, 2.05) is 36.4 Å². The van der Waals surface area contributed by atoms with Gasteiger partial charge in [-0.1, -0.05) is 51.5 Å². The predicted octanol–water partition coefficient (Wildman–Crippen LogP) is -2.10. The molecule has 40 heavy (non-hydrogen) atoms. The Morgan fingerprint density at radius 1 is 0.900 bits per heavy atom. The Hall–Kier alpha value is -1.74. The van der Waals surface area contributed by atoms with Crippen molar-refractivity contribution in [2.45, 2.75) is 52.2 Å². The van der Waals surface area contributed by atoms with Crippen LogP contribution in [0.2, 0.25) is 0 Å². The normalized spacial score (nSPS) is 24.6. The average Bonchev–Trinajstić information content (AvgIpc) is 2.91. The summed E-state index contributed by atoms with van der Waals surface area (Å²) in [5, 5.41) is 12.4. The highest BCUT2D eigenvalue weighted by molar-refractivity contribution is 6.25. The van der Waals surface area contributed by atoms with E-state index in [0.29, 0.717) is 55.1 Å². The van der Waals surface area contributed by atoms with Gasteiger partial charge in [0.2, 0.25) is 0 Å². The lowest BCUT2D eigenvalue weighted by molar-refractivity contribution is -0.0754. The van der Waals surface area contributed by atoms with Crippen LogP contribution in [0.15, 0.2) is 36.4 Å². The van der Waals surface area contributed by atoms with Crippen molar-refractivity contribution < 1.29 is 44.2 Å². The number of nitrogens with zero attached hydrogens (tertiary/aromatic N) is 3. The smallest absolute Gasteiger partial charge is 0.261 e. The van der Waals surface area contributed by atoms with Gasteiger partial charge in [0.25, 0.3) is 11.8 Å². The fourth-order valence-electron chi connectivity index (χ4n) is 6.61. The highest BCUT2D eigenvalue weighted by Gasteiger charge is 2.34. The molecule has 1 aliphatic carbocycles.